The summed E-state index contributed by atoms with van der Waals surface area (Å²) in [5.74, 6) is -1.12. The molecule has 0 radical (unpaired) electrons. The van der Waals surface area contributed by atoms with Crippen molar-refractivity contribution in [3.63, 3.8) is 0 Å². The van der Waals surface area contributed by atoms with E-state index in [1.54, 1.807) is 20.8 Å². The van der Waals surface area contributed by atoms with E-state index < -0.39 is 35.6 Å². The van der Waals surface area contributed by atoms with Crippen LogP contribution in [0, 0.1) is 26.3 Å². The fraction of sp³-hybridized carbons (Fsp3) is 0.370. The van der Waals surface area contributed by atoms with Gasteiger partial charge in [0.25, 0.3) is 5.91 Å². The molecule has 2 atom stereocenters. The second kappa shape index (κ2) is 12.3. The Hall–Kier alpha value is -3.44. The van der Waals surface area contributed by atoms with Crippen molar-refractivity contribution in [3.05, 3.63) is 70.8 Å². The summed E-state index contributed by atoms with van der Waals surface area (Å²) in [6, 6.07) is 15.2. The number of amides is 3. The lowest BCUT2D eigenvalue weighted by Crippen LogP contribution is -2.52. The third kappa shape index (κ3) is 7.79. The molecule has 2 aromatic rings. The highest BCUT2D eigenvalue weighted by Gasteiger charge is 2.36. The topological polar surface area (TPSA) is 87.7 Å². The van der Waals surface area contributed by atoms with E-state index in [0.29, 0.717) is 5.56 Å². The van der Waals surface area contributed by atoms with E-state index in [1.165, 1.54) is 0 Å². The van der Waals surface area contributed by atoms with Crippen molar-refractivity contribution in [1.82, 2.24) is 15.5 Å². The molecule has 0 bridgehead atoms. The van der Waals surface area contributed by atoms with Crippen LogP contribution in [0.5, 0.6) is 0 Å². The van der Waals surface area contributed by atoms with E-state index >= 15 is 0 Å². The van der Waals surface area contributed by atoms with Gasteiger partial charge in [0.15, 0.2) is 0 Å². The molecule has 0 heterocycles. The number of hydrogen-bond acceptors (Lipinski definition) is 5. The SMILES string of the molecule is C#CN(C(=O)C(CS)NC(=O)OC(C)(C)C)C(C(=O)NCc1ccccc1)c1c(C)cccc1C. The van der Waals surface area contributed by atoms with Crippen molar-refractivity contribution >= 4 is 30.5 Å². The largest absolute Gasteiger partial charge is 0.444 e. The maximum absolute atomic E-state index is 13.5. The molecule has 8 heteroatoms. The second-order valence-corrected chi connectivity index (χ2v) is 9.50. The number of nitrogens with zero attached hydrogens (tertiary/aromatic N) is 1. The summed E-state index contributed by atoms with van der Waals surface area (Å²) in [4.78, 5) is 40.4. The van der Waals surface area contributed by atoms with Gasteiger partial charge in [-0.3, -0.25) is 14.5 Å². The molecule has 2 N–H and O–H groups in total. The Bertz CT molecular complexity index is 1070. The van der Waals surface area contributed by atoms with Crippen molar-refractivity contribution in [2.45, 2.75) is 58.8 Å². The molecule has 2 unspecified atom stereocenters. The third-order valence-corrected chi connectivity index (χ3v) is 5.54. The van der Waals surface area contributed by atoms with Gasteiger partial charge in [0.1, 0.15) is 17.7 Å². The maximum atomic E-state index is 13.5. The van der Waals surface area contributed by atoms with Gasteiger partial charge in [-0.1, -0.05) is 55.0 Å². The number of hydrogen-bond donors (Lipinski definition) is 3. The predicted octanol–water partition coefficient (Wildman–Crippen LogP) is 3.90. The van der Waals surface area contributed by atoms with Crippen LogP contribution in [0.3, 0.4) is 0 Å². The standard InChI is InChI=1S/C27H33N3O4S/c1-7-30(25(32)21(17-35)29-26(33)34-27(4,5)6)23(22-18(2)12-11-13-19(22)3)24(31)28-16-20-14-9-8-10-15-20/h1,8-15,21,23,35H,16-17H2,2-6H3,(H,28,31)(H,29,33). The van der Waals surface area contributed by atoms with Gasteiger partial charge in [-0.25, -0.2) is 4.79 Å². The summed E-state index contributed by atoms with van der Waals surface area (Å²) >= 11 is 4.22. The Morgan fingerprint density at radius 2 is 1.66 bits per heavy atom. The van der Waals surface area contributed by atoms with Gasteiger partial charge in [-0.2, -0.15) is 12.6 Å². The Morgan fingerprint density at radius 3 is 2.17 bits per heavy atom. The highest BCUT2D eigenvalue weighted by atomic mass is 32.1. The molecule has 0 aliphatic heterocycles. The molecule has 0 fully saturated rings. The Balaban J connectivity index is 2.40. The molecule has 0 saturated carbocycles. The molecule has 35 heavy (non-hydrogen) atoms. The number of nitrogens with one attached hydrogen (secondary N) is 2. The van der Waals surface area contributed by atoms with Crippen LogP contribution in [0.2, 0.25) is 0 Å². The molecule has 7 nitrogen and oxygen atoms in total. The molecule has 0 aromatic heterocycles. The number of aryl methyl sites for hydroxylation is 2. The third-order valence-electron chi connectivity index (χ3n) is 5.18. The van der Waals surface area contributed by atoms with Crippen LogP contribution in [0.15, 0.2) is 48.5 Å². The number of terminal acetylenes is 1. The molecule has 0 aliphatic carbocycles. The van der Waals surface area contributed by atoms with Crippen molar-refractivity contribution in [1.29, 1.82) is 0 Å². The lowest BCUT2D eigenvalue weighted by Gasteiger charge is -2.31. The lowest BCUT2D eigenvalue weighted by molar-refractivity contribution is -0.138. The molecule has 186 valence electrons. The fourth-order valence-electron chi connectivity index (χ4n) is 3.59. The first-order valence-electron chi connectivity index (χ1n) is 11.3. The van der Waals surface area contributed by atoms with Crippen LogP contribution >= 0.6 is 12.6 Å². The van der Waals surface area contributed by atoms with E-state index in [2.05, 4.69) is 29.3 Å². The van der Waals surface area contributed by atoms with Gasteiger partial charge in [-0.05, 0) is 56.9 Å². The van der Waals surface area contributed by atoms with Crippen LogP contribution < -0.4 is 10.6 Å². The maximum Gasteiger partial charge on any atom is 0.408 e. The number of benzene rings is 2. The predicted molar refractivity (Wildman–Crippen MR) is 140 cm³/mol. The van der Waals surface area contributed by atoms with E-state index in [1.807, 2.05) is 62.4 Å². The van der Waals surface area contributed by atoms with E-state index in [9.17, 15) is 14.4 Å². The van der Waals surface area contributed by atoms with Crippen LogP contribution in [-0.4, -0.2) is 40.2 Å². The average molecular weight is 496 g/mol. The first-order valence-corrected chi connectivity index (χ1v) is 11.9. The van der Waals surface area contributed by atoms with E-state index in [0.717, 1.165) is 21.6 Å². The Morgan fingerprint density at radius 1 is 1.06 bits per heavy atom. The highest BCUT2D eigenvalue weighted by molar-refractivity contribution is 7.80. The fourth-order valence-corrected chi connectivity index (χ4v) is 3.83. The van der Waals surface area contributed by atoms with Gasteiger partial charge in [0.05, 0.1) is 0 Å². The number of thiol groups is 1. The first-order chi connectivity index (χ1) is 16.5. The summed E-state index contributed by atoms with van der Waals surface area (Å²) in [6.07, 6.45) is 5.01. The van der Waals surface area contributed by atoms with E-state index in [-0.39, 0.29) is 12.3 Å². The summed E-state index contributed by atoms with van der Waals surface area (Å²) < 4.78 is 5.27. The first kappa shape index (κ1) is 27.8. The number of carbonyl (C=O) groups excluding carboxylic acids is 3. The average Bonchev–Trinajstić information content (AvgIpc) is 2.79. The summed E-state index contributed by atoms with van der Waals surface area (Å²) in [5, 5.41) is 5.41. The molecule has 2 rings (SSSR count). The van der Waals surface area contributed by atoms with Crippen molar-refractivity contribution in [2.75, 3.05) is 5.75 Å². The molecule has 2 aromatic carbocycles. The number of rotatable bonds is 8. The molecule has 3 amide bonds. The van der Waals surface area contributed by atoms with Gasteiger partial charge < -0.3 is 15.4 Å². The number of ether oxygens (including phenoxy) is 1. The van der Waals surface area contributed by atoms with Crippen molar-refractivity contribution in [3.8, 4) is 12.5 Å². The zero-order chi connectivity index (χ0) is 26.2. The molecule has 0 spiro atoms. The van der Waals surface area contributed by atoms with Crippen molar-refractivity contribution in [2.24, 2.45) is 0 Å². The number of carbonyl (C=O) groups is 3. The highest BCUT2D eigenvalue weighted by Crippen LogP contribution is 2.28. The van der Waals surface area contributed by atoms with Crippen LogP contribution in [-0.2, 0) is 20.9 Å². The lowest BCUT2D eigenvalue weighted by atomic mass is 9.94. The molecule has 0 aliphatic rings. The minimum atomic E-state index is -1.11. The zero-order valence-corrected chi connectivity index (χ0v) is 21.7. The molecular weight excluding hydrogens is 462 g/mol. The van der Waals surface area contributed by atoms with Crippen LogP contribution in [0.25, 0.3) is 0 Å². The Kier molecular flexibility index (Phi) is 9.78. The molecule has 0 saturated heterocycles. The summed E-state index contributed by atoms with van der Waals surface area (Å²) in [7, 11) is 0. The summed E-state index contributed by atoms with van der Waals surface area (Å²) in [5.41, 5.74) is 2.39. The van der Waals surface area contributed by atoms with Crippen LogP contribution in [0.4, 0.5) is 4.79 Å². The Labute approximate surface area is 213 Å². The zero-order valence-electron chi connectivity index (χ0n) is 20.8. The minimum absolute atomic E-state index is 0.0403. The van der Waals surface area contributed by atoms with Gasteiger partial charge in [0, 0.05) is 18.3 Å². The van der Waals surface area contributed by atoms with Crippen molar-refractivity contribution < 1.29 is 19.1 Å². The monoisotopic (exact) mass is 495 g/mol. The van der Waals surface area contributed by atoms with Crippen LogP contribution in [0.1, 0.15) is 49.1 Å². The second-order valence-electron chi connectivity index (χ2n) is 9.13. The van der Waals surface area contributed by atoms with Gasteiger partial charge >= 0.3 is 6.09 Å². The quantitative estimate of drug-likeness (QED) is 0.294. The minimum Gasteiger partial charge on any atom is -0.444 e. The molecular formula is C27H33N3O4S. The van der Waals surface area contributed by atoms with Gasteiger partial charge in [0.2, 0.25) is 5.91 Å². The smallest absolute Gasteiger partial charge is 0.408 e. The van der Waals surface area contributed by atoms with Gasteiger partial charge in [-0.15, -0.1) is 0 Å². The summed E-state index contributed by atoms with van der Waals surface area (Å²) in [6.45, 7) is 9.12. The number of alkyl carbamates (subject to hydrolysis) is 1. The normalized spacial score (nSPS) is 12.6. The van der Waals surface area contributed by atoms with E-state index in [4.69, 9.17) is 11.2 Å².